The fraction of sp³-hybridized carbons (Fsp3) is 0. The van der Waals surface area contributed by atoms with Gasteiger partial charge in [-0.05, 0) is 0 Å². The van der Waals surface area contributed by atoms with E-state index in [2.05, 4.69) is 0 Å². The van der Waals surface area contributed by atoms with Crippen molar-refractivity contribution in [1.82, 2.24) is 0 Å². The Labute approximate surface area is 3210 Å². The van der Waals surface area contributed by atoms with Crippen LogP contribution in [-0.4, -0.2) is 0 Å². The first kappa shape index (κ1) is 622. The Hall–Kier alpha value is 112. The van der Waals surface area contributed by atoms with Gasteiger partial charge in [-0.15, -0.1) is 0 Å². The van der Waals surface area contributed by atoms with Gasteiger partial charge in [0.1, 0.15) is 0 Å². The van der Waals surface area contributed by atoms with Crippen LogP contribution < -0.4 is 0 Å². The molecule has 0 unspecified atom stereocenters. The van der Waals surface area contributed by atoms with Gasteiger partial charge < -0.3 is 0 Å². The van der Waals surface area contributed by atoms with Crippen molar-refractivity contribution in [3.8, 4) is 0 Å². The van der Waals surface area contributed by atoms with Crippen LogP contribution in [0.3, 0.4) is 0 Å². The molecule has 0 aliphatic carbocycles. The van der Waals surface area contributed by atoms with Crippen LogP contribution in [0.2, 0.25) is 0 Å². The third-order valence-electron chi connectivity index (χ3n) is 0. The minimum absolute atomic E-state index is 0. The molecule has 0 N–H and O–H groups in total. The van der Waals surface area contributed by atoms with Crippen molar-refractivity contribution in [2.24, 2.45) is 0 Å². The maximum atomic E-state index is 0. The summed E-state index contributed by atoms with van der Waals surface area (Å²) in [5, 5.41) is 0. The van der Waals surface area contributed by atoms with E-state index in [9.17, 15) is 0 Å². The maximum Gasteiger partial charge on any atom is 0 e. The second-order valence-corrected chi connectivity index (χ2v) is 0. The van der Waals surface area contributed by atoms with Crippen molar-refractivity contribution in [3.05, 3.63) is 0 Å². The molecule has 0 rings (SSSR count). The van der Waals surface area contributed by atoms with Crippen molar-refractivity contribution in [3.63, 3.8) is 0 Å². The molecule has 783 valence electrons. The van der Waals surface area contributed by atoms with E-state index in [0.29, 0.717) is 0 Å². The first-order valence-corrected chi connectivity index (χ1v) is 0. The van der Waals surface area contributed by atoms with Gasteiger partial charge in [-0.3, -0.25) is 0 Å². The molecule has 0 bridgehead atoms. The zero-order valence-electron chi connectivity index (χ0n) is 29.0. The van der Waals surface area contributed by atoms with Gasteiger partial charge in [-0.1, -0.05) is 0 Å². The molecule has 0 aromatic heterocycles. The molecule has 0 aliphatic heterocycles. The standard InChI is InChI=1S/87Tb. The Kier molecular flexibility index (Phi) is 4380. The van der Waals surface area contributed by atoms with Crippen LogP contribution in [0.25, 0.3) is 0 Å². The van der Waals surface area contributed by atoms with Crippen molar-refractivity contribution >= 4 is 0 Å². The minimum Gasteiger partial charge on any atom is 0 e. The van der Waals surface area contributed by atoms with Crippen LogP contribution in [0, 0.1) is 3360 Å². The average Bonchev–Trinajstić information content (AvgIpc) is 0. The monoisotopic (exact) mass is 13800 g/mol. The predicted octanol–water partition coefficient (Wildman–Crippen LogP) is 0. The van der Waals surface area contributed by atoms with Crippen LogP contribution in [-0.2, 0) is 0 Å². The minimum atomic E-state index is 0. The molecule has 87 heteroatoms. The number of hydrogen-bond donors (Lipinski definition) is 0. The first-order valence-electron chi connectivity index (χ1n) is 0. The van der Waals surface area contributed by atoms with Gasteiger partial charge in [0.15, 0.2) is 0 Å². The zero-order chi connectivity index (χ0) is 0. The van der Waals surface area contributed by atoms with Crippen LogP contribution in [0.5, 0.6) is 0 Å². The molecule has 0 saturated heterocycles. The molecule has 0 amide bonds. The van der Waals surface area contributed by atoms with Crippen LogP contribution in [0.4, 0.5) is 0 Å². The van der Waals surface area contributed by atoms with Crippen molar-refractivity contribution in [2.75, 3.05) is 0 Å². The van der Waals surface area contributed by atoms with E-state index in [0.717, 1.165) is 0 Å². The van der Waals surface area contributed by atoms with E-state index in [4.69, 9.17) is 0 Å². The van der Waals surface area contributed by atoms with Gasteiger partial charge in [0.2, 0.25) is 0 Å². The van der Waals surface area contributed by atoms with Gasteiger partial charge in [-0.25, -0.2) is 0 Å². The molecule has 0 heterocycles. The summed E-state index contributed by atoms with van der Waals surface area (Å²) in [6, 6.07) is 0. The Morgan fingerprint density at radius 2 is 0.0115 bits per heavy atom. The quantitative estimate of drug-likeness (QED) is 0.321. The largest absolute Gasteiger partial charge is 0 e. The summed E-state index contributed by atoms with van der Waals surface area (Å²) in [6.07, 6.45) is 0. The number of rotatable bonds is 0. The van der Waals surface area contributed by atoms with Gasteiger partial charge in [0.25, 0.3) is 0 Å². The van der Waals surface area contributed by atoms with E-state index in [1.165, 1.54) is 0 Å². The second-order valence-electron chi connectivity index (χ2n) is 0. The summed E-state index contributed by atoms with van der Waals surface area (Å²) in [4.78, 5) is 0. The fourth-order valence-corrected chi connectivity index (χ4v) is 0. The summed E-state index contributed by atoms with van der Waals surface area (Å²) in [5.41, 5.74) is 0. The van der Waals surface area contributed by atoms with E-state index in [-0.39, 0.29) is 3360 Å². The Balaban J connectivity index is 0. The van der Waals surface area contributed by atoms with Gasteiger partial charge in [-0.2, -0.15) is 0 Å². The Morgan fingerprint density at radius 1 is 0.0115 bits per heavy atom. The van der Waals surface area contributed by atoms with E-state index in [1.807, 2.05) is 0 Å². The summed E-state index contributed by atoms with van der Waals surface area (Å²) in [7, 11) is 0. The summed E-state index contributed by atoms with van der Waals surface area (Å²) in [6.45, 7) is 0. The molecular formula is Tb87. The average molecular weight is 13800 g/mol. The van der Waals surface area contributed by atoms with Crippen molar-refractivity contribution < 1.29 is 3360 Å². The molecule has 0 aromatic rings. The summed E-state index contributed by atoms with van der Waals surface area (Å²) in [5.74, 6) is 0. The third-order valence-corrected chi connectivity index (χ3v) is 0. The fourth-order valence-electron chi connectivity index (χ4n) is 0. The molecule has 0 fully saturated rings. The molecule has 0 atom stereocenters. The third kappa shape index (κ3) is 607. The van der Waals surface area contributed by atoms with Gasteiger partial charge >= 0.3 is 0 Å². The molecule has 0 aliphatic rings. The van der Waals surface area contributed by atoms with Gasteiger partial charge in [0.05, 0.1) is 0 Å². The maximum absolute atomic E-state index is 0. The van der Waals surface area contributed by atoms with Crippen LogP contribution in [0.1, 0.15) is 0 Å². The molecule has 87 radical (unpaired) electrons. The topological polar surface area (TPSA) is 0 Å². The second kappa shape index (κ2) is 613. The molecule has 0 saturated carbocycles. The predicted molar refractivity (Wildman–Crippen MR) is 0 cm³/mol. The van der Waals surface area contributed by atoms with E-state index < -0.39 is 0 Å². The van der Waals surface area contributed by atoms with Gasteiger partial charge in [0, 0.05) is 3360 Å². The normalized spacial score (nSPS) is 0. The van der Waals surface area contributed by atoms with E-state index in [1.54, 1.807) is 0 Å². The molecule has 0 nitrogen and oxygen atoms in total. The van der Waals surface area contributed by atoms with Crippen LogP contribution >= 0.6 is 0 Å². The molecule has 87 heavy (non-hydrogen) atoms. The summed E-state index contributed by atoms with van der Waals surface area (Å²) >= 11 is 0. The van der Waals surface area contributed by atoms with Crippen molar-refractivity contribution in [2.45, 2.75) is 0 Å². The first-order chi connectivity index (χ1) is 0. The van der Waals surface area contributed by atoms with E-state index >= 15 is 0 Å². The number of hydrogen-bond acceptors (Lipinski definition) is 0. The summed E-state index contributed by atoms with van der Waals surface area (Å²) < 4.78 is 0. The molecular weight excluding hydrogens is 13800 g/mol. The zero-order valence-corrected chi connectivity index (χ0v) is 215. The van der Waals surface area contributed by atoms with Crippen LogP contribution in [0.15, 0.2) is 0 Å². The Morgan fingerprint density at radius 3 is 0.0115 bits per heavy atom. The van der Waals surface area contributed by atoms with Crippen molar-refractivity contribution in [1.29, 1.82) is 0 Å². The Bertz CT molecular complexity index is 0. The SMILES string of the molecule is [Tb].[Tb].[Tb].[Tb].[Tb].[Tb].[Tb].[Tb].[Tb].[Tb].[Tb].[Tb].[Tb].[Tb].[Tb].[Tb].[Tb].[Tb].[Tb].[Tb].[Tb].[Tb].[Tb].[Tb].[Tb].[Tb].[Tb].[Tb].[Tb].[Tb].[Tb].[Tb].[Tb].[Tb].[Tb].[Tb].[Tb].[Tb].[Tb].[Tb].[Tb].[Tb].[Tb].[Tb].[Tb].[Tb].[Tb].[Tb].[Tb].[Tb].[Tb].[Tb].[Tb].[Tb].[Tb].[Tb].[Tb].[Tb].[Tb].[Tb].[Tb].[Tb].[Tb].[Tb].[Tb].[Tb].[Tb].[Tb].[Tb].[Tb].[Tb].[Tb].[Tb].[Tb].[Tb].[Tb].[Tb].[Tb].[Tb].[Tb].[Tb].[Tb].[Tb].[Tb].[Tb].[Tb].[Tb]. The molecule has 0 spiro atoms. The smallest absolute Gasteiger partial charge is 0 e. The molecule has 0 aromatic carbocycles.